The Morgan fingerprint density at radius 3 is 2.44 bits per heavy atom. The Hall–Kier alpha value is -4.88. The maximum absolute atomic E-state index is 14.6. The second-order valence-electron chi connectivity index (χ2n) is 15.9. The molecule has 2 aliphatic carbocycles. The summed E-state index contributed by atoms with van der Waals surface area (Å²) in [4.78, 5) is 30.0. The van der Waals surface area contributed by atoms with Gasteiger partial charge in [0, 0.05) is 80.8 Å². The molecule has 0 bridgehead atoms. The number of nitrogens with zero attached hydrogens (tertiary/aromatic N) is 9. The van der Waals surface area contributed by atoms with Crippen LogP contribution >= 0.6 is 0 Å². The zero-order valence-corrected chi connectivity index (χ0v) is 29.6. The molecule has 1 saturated heterocycles. The van der Waals surface area contributed by atoms with Crippen LogP contribution < -0.4 is 9.80 Å². The van der Waals surface area contributed by atoms with Gasteiger partial charge in [0.1, 0.15) is 0 Å². The van der Waals surface area contributed by atoms with Gasteiger partial charge in [0.15, 0.2) is 17.3 Å². The molecule has 0 unspecified atom stereocenters. The molecule has 12 nitrogen and oxygen atoms in total. The highest BCUT2D eigenvalue weighted by Gasteiger charge is 2.61. The molecular formula is C38H43F2N9O3. The van der Waals surface area contributed by atoms with E-state index in [1.54, 1.807) is 43.2 Å². The monoisotopic (exact) mass is 711 g/mol. The van der Waals surface area contributed by atoms with Gasteiger partial charge >= 0.3 is 5.97 Å². The van der Waals surface area contributed by atoms with Crippen molar-refractivity contribution < 1.29 is 23.5 Å². The van der Waals surface area contributed by atoms with E-state index in [2.05, 4.69) is 29.8 Å². The minimum Gasteiger partial charge on any atom is -0.476 e. The molecule has 1 N–H and O–H groups in total. The number of hydrogen-bond donors (Lipinski definition) is 1. The fourth-order valence-electron chi connectivity index (χ4n) is 10.2. The number of hydrogen-bond acceptors (Lipinski definition) is 8. The zero-order valence-electron chi connectivity index (χ0n) is 29.6. The number of piperidine rings is 1. The Kier molecular flexibility index (Phi) is 7.67. The maximum Gasteiger partial charge on any atom is 0.356 e. The van der Waals surface area contributed by atoms with Crippen molar-refractivity contribution in [3.8, 4) is 11.1 Å². The second-order valence-corrected chi connectivity index (χ2v) is 15.9. The number of aryl methyl sites for hydroxylation is 2. The lowest BCUT2D eigenvalue weighted by molar-refractivity contribution is -0.134. The molecule has 0 radical (unpaired) electrons. The Balaban J connectivity index is 0.951. The predicted molar refractivity (Wildman–Crippen MR) is 189 cm³/mol. The number of fused-ring (bicyclic) bond motifs is 2. The van der Waals surface area contributed by atoms with Crippen LogP contribution in [0.25, 0.3) is 11.1 Å². The van der Waals surface area contributed by atoms with Crippen LogP contribution in [-0.2, 0) is 31.2 Å². The van der Waals surface area contributed by atoms with Crippen molar-refractivity contribution in [1.82, 2.24) is 34.7 Å². The van der Waals surface area contributed by atoms with Crippen molar-refractivity contribution in [1.29, 1.82) is 0 Å². The average Bonchev–Trinajstić information content (AvgIpc) is 3.72. The van der Waals surface area contributed by atoms with Crippen molar-refractivity contribution in [2.45, 2.75) is 83.7 Å². The summed E-state index contributed by atoms with van der Waals surface area (Å²) in [6, 6.07) is 7.12. The quantitative estimate of drug-likeness (QED) is 0.253. The maximum atomic E-state index is 14.6. The van der Waals surface area contributed by atoms with Crippen LogP contribution in [0.2, 0.25) is 0 Å². The molecule has 3 fully saturated rings. The van der Waals surface area contributed by atoms with Gasteiger partial charge in [-0.15, -0.1) is 10.2 Å². The Bertz CT molecular complexity index is 2050. The van der Waals surface area contributed by atoms with Crippen molar-refractivity contribution in [3.63, 3.8) is 0 Å². The highest BCUT2D eigenvalue weighted by molar-refractivity contribution is 5.85. The van der Waals surface area contributed by atoms with Gasteiger partial charge in [-0.05, 0) is 97.6 Å². The number of rotatable bonds is 6. The number of anilines is 3. The Morgan fingerprint density at radius 2 is 1.79 bits per heavy atom. The normalized spacial score (nSPS) is 20.5. The van der Waals surface area contributed by atoms with E-state index in [1.165, 1.54) is 24.6 Å². The lowest BCUT2D eigenvalue weighted by Gasteiger charge is -2.65. The first kappa shape index (κ1) is 33.0. The van der Waals surface area contributed by atoms with E-state index in [9.17, 15) is 18.4 Å². The summed E-state index contributed by atoms with van der Waals surface area (Å²) in [6.07, 6.45) is 9.89. The minimum absolute atomic E-state index is 0.00739. The number of carbonyl (C=O) groups is 2. The number of benzene rings is 1. The molecule has 272 valence electrons. The molecular weight excluding hydrogens is 668 g/mol. The van der Waals surface area contributed by atoms with E-state index in [4.69, 9.17) is 10.2 Å². The Labute approximate surface area is 300 Å². The number of carbonyl (C=O) groups excluding carboxylic acids is 1. The number of aromatic nitrogens is 6. The summed E-state index contributed by atoms with van der Waals surface area (Å²) in [5.74, 6) is 0.489. The average molecular weight is 712 g/mol. The Morgan fingerprint density at radius 1 is 1.00 bits per heavy atom. The van der Waals surface area contributed by atoms with Gasteiger partial charge in [0.05, 0.1) is 18.8 Å². The molecule has 14 heteroatoms. The highest BCUT2D eigenvalue weighted by atomic mass is 19.3. The van der Waals surface area contributed by atoms with Crippen molar-refractivity contribution in [2.75, 3.05) is 36.0 Å². The molecule has 9 rings (SSSR count). The molecule has 1 amide bonds. The van der Waals surface area contributed by atoms with Gasteiger partial charge in [-0.25, -0.2) is 13.6 Å². The van der Waals surface area contributed by atoms with Gasteiger partial charge in [0.2, 0.25) is 5.91 Å². The summed E-state index contributed by atoms with van der Waals surface area (Å²) < 4.78 is 33.2. The molecule has 0 atom stereocenters. The standard InChI is InChI=1S/C38H43F2N9O3/c1-23(50)47-11-7-31-29(20-47)35(48-10-3-4-24-14-27(25-18-41-45(2)19-25)28(34(39)40)15-32(24)48)44-49(31)26-16-38(17-26)21-37(22-38)8-12-46(13-9-37)33-6-5-30(36(51)52)42-43-33/h5-6,14-15,18-19,26,34H,3-4,7-13,16-17,20-22H2,1-2H3,(H,51,52). The third-order valence-electron chi connectivity index (χ3n) is 12.6. The SMILES string of the molecule is CC(=O)N1CCc2c(c(N3CCCc4cc(-c5cnn(C)c5)c(C(F)F)cc43)nn2C2CC3(C2)CC2(CCN(c4ccc(C(=O)O)nn4)CC2)C3)C1. The summed E-state index contributed by atoms with van der Waals surface area (Å²) in [5, 5.41) is 26.7. The summed E-state index contributed by atoms with van der Waals surface area (Å²) in [6.45, 7) is 5.18. The molecule has 2 saturated carbocycles. The largest absolute Gasteiger partial charge is 0.476 e. The van der Waals surface area contributed by atoms with Gasteiger partial charge in [-0.3, -0.25) is 14.2 Å². The fraction of sp³-hybridized carbons (Fsp3) is 0.526. The van der Waals surface area contributed by atoms with E-state index >= 15 is 0 Å². The molecule has 52 heavy (non-hydrogen) atoms. The fourth-order valence-corrected chi connectivity index (χ4v) is 10.2. The highest BCUT2D eigenvalue weighted by Crippen LogP contribution is 2.70. The molecule has 1 aromatic carbocycles. The number of carboxylic acid groups (broad SMARTS) is 1. The third kappa shape index (κ3) is 5.44. The number of amides is 1. The van der Waals surface area contributed by atoms with E-state index in [0.29, 0.717) is 41.6 Å². The summed E-state index contributed by atoms with van der Waals surface area (Å²) >= 11 is 0. The summed E-state index contributed by atoms with van der Waals surface area (Å²) in [5.41, 5.74) is 5.83. The minimum atomic E-state index is -2.65. The van der Waals surface area contributed by atoms with Crippen molar-refractivity contribution in [2.24, 2.45) is 17.9 Å². The van der Waals surface area contributed by atoms with Crippen LogP contribution in [0.5, 0.6) is 0 Å². The van der Waals surface area contributed by atoms with Crippen LogP contribution in [0.1, 0.15) is 97.2 Å². The van der Waals surface area contributed by atoms with Crippen LogP contribution in [-0.4, -0.2) is 77.8 Å². The molecule has 3 aromatic heterocycles. The predicted octanol–water partition coefficient (Wildman–Crippen LogP) is 6.10. The van der Waals surface area contributed by atoms with Gasteiger partial charge in [0.25, 0.3) is 6.43 Å². The second kappa shape index (κ2) is 12.1. The van der Waals surface area contributed by atoms with E-state index in [1.807, 2.05) is 11.0 Å². The number of aromatic carboxylic acids is 1. The first-order chi connectivity index (χ1) is 25.0. The number of alkyl halides is 2. The first-order valence-electron chi connectivity index (χ1n) is 18.4. The number of halogens is 2. The van der Waals surface area contributed by atoms with Crippen LogP contribution in [0.15, 0.2) is 36.7 Å². The topological polar surface area (TPSA) is 126 Å². The lowest BCUT2D eigenvalue weighted by atomic mass is 9.42. The van der Waals surface area contributed by atoms with Gasteiger partial charge in [-0.2, -0.15) is 10.2 Å². The van der Waals surface area contributed by atoms with Crippen LogP contribution in [0, 0.1) is 10.8 Å². The molecule has 2 spiro atoms. The van der Waals surface area contributed by atoms with Crippen molar-refractivity contribution >= 4 is 29.2 Å². The van der Waals surface area contributed by atoms with E-state index < -0.39 is 12.4 Å². The van der Waals surface area contributed by atoms with E-state index in [-0.39, 0.29) is 23.2 Å². The zero-order chi connectivity index (χ0) is 35.9. The van der Waals surface area contributed by atoms with Gasteiger partial charge in [-0.1, -0.05) is 0 Å². The molecule has 6 heterocycles. The van der Waals surface area contributed by atoms with E-state index in [0.717, 1.165) is 86.5 Å². The summed E-state index contributed by atoms with van der Waals surface area (Å²) in [7, 11) is 1.79. The smallest absolute Gasteiger partial charge is 0.356 e. The van der Waals surface area contributed by atoms with Crippen molar-refractivity contribution in [3.05, 3.63) is 64.7 Å². The number of carboxylic acids is 1. The third-order valence-corrected chi connectivity index (χ3v) is 12.6. The first-order valence-corrected chi connectivity index (χ1v) is 18.4. The molecule has 4 aromatic rings. The van der Waals surface area contributed by atoms with Crippen LogP contribution in [0.4, 0.5) is 26.1 Å². The molecule has 5 aliphatic rings. The lowest BCUT2D eigenvalue weighted by Crippen LogP contribution is -2.57. The van der Waals surface area contributed by atoms with Gasteiger partial charge < -0.3 is 19.8 Å². The molecule has 3 aliphatic heterocycles. The van der Waals surface area contributed by atoms with Crippen LogP contribution in [0.3, 0.4) is 0 Å².